The Balaban J connectivity index is 1.53. The molecule has 0 bridgehead atoms. The number of benzene rings is 3. The zero-order chi connectivity index (χ0) is 23.1. The fourth-order valence-corrected chi connectivity index (χ4v) is 3.11. The SMILES string of the molecule is Cc1cccc(NC(=O)C(=O)N/N=C\c2ccc(OCc3ccc(Cl)cc3)c(Cl)c2)c1C. The number of halogens is 2. The molecule has 0 aromatic heterocycles. The zero-order valence-electron chi connectivity index (χ0n) is 17.5. The molecular formula is C24H21Cl2N3O3. The van der Waals surface area contributed by atoms with Crippen molar-refractivity contribution in [1.29, 1.82) is 0 Å². The normalized spacial score (nSPS) is 10.8. The molecule has 3 aromatic carbocycles. The van der Waals surface area contributed by atoms with Gasteiger partial charge in [-0.25, -0.2) is 5.43 Å². The van der Waals surface area contributed by atoms with Gasteiger partial charge in [0.1, 0.15) is 12.4 Å². The third-order valence-electron chi connectivity index (χ3n) is 4.70. The fraction of sp³-hybridized carbons (Fsp3) is 0.125. The third-order valence-corrected chi connectivity index (χ3v) is 5.25. The van der Waals surface area contributed by atoms with E-state index in [2.05, 4.69) is 15.8 Å². The Hall–Kier alpha value is -3.35. The lowest BCUT2D eigenvalue weighted by Crippen LogP contribution is -2.32. The van der Waals surface area contributed by atoms with Crippen molar-refractivity contribution in [2.75, 3.05) is 5.32 Å². The molecule has 0 saturated heterocycles. The summed E-state index contributed by atoms with van der Waals surface area (Å²) in [6, 6.07) is 17.9. The van der Waals surface area contributed by atoms with Crippen LogP contribution in [-0.2, 0) is 16.2 Å². The lowest BCUT2D eigenvalue weighted by Gasteiger charge is -2.09. The molecule has 0 aliphatic heterocycles. The highest BCUT2D eigenvalue weighted by atomic mass is 35.5. The number of carbonyl (C=O) groups excluding carboxylic acids is 2. The van der Waals surface area contributed by atoms with Gasteiger partial charge >= 0.3 is 11.8 Å². The van der Waals surface area contributed by atoms with Gasteiger partial charge in [-0.05, 0) is 72.5 Å². The predicted octanol–water partition coefficient (Wildman–Crippen LogP) is 5.28. The van der Waals surface area contributed by atoms with Gasteiger partial charge in [0.25, 0.3) is 0 Å². The maximum absolute atomic E-state index is 12.1. The number of hydrazone groups is 1. The average molecular weight is 470 g/mol. The molecule has 0 radical (unpaired) electrons. The molecule has 0 aliphatic rings. The number of amides is 2. The van der Waals surface area contributed by atoms with Crippen LogP contribution < -0.4 is 15.5 Å². The van der Waals surface area contributed by atoms with Gasteiger partial charge in [-0.2, -0.15) is 5.10 Å². The summed E-state index contributed by atoms with van der Waals surface area (Å²) < 4.78 is 5.72. The van der Waals surface area contributed by atoms with E-state index in [9.17, 15) is 9.59 Å². The van der Waals surface area contributed by atoms with Gasteiger partial charge in [0.15, 0.2) is 0 Å². The van der Waals surface area contributed by atoms with Crippen molar-refractivity contribution < 1.29 is 14.3 Å². The molecule has 8 heteroatoms. The number of hydrogen-bond donors (Lipinski definition) is 2. The highest BCUT2D eigenvalue weighted by molar-refractivity contribution is 6.39. The van der Waals surface area contributed by atoms with E-state index < -0.39 is 11.8 Å². The fourth-order valence-electron chi connectivity index (χ4n) is 2.74. The summed E-state index contributed by atoms with van der Waals surface area (Å²) in [5.74, 6) is -1.17. The molecular weight excluding hydrogens is 449 g/mol. The lowest BCUT2D eigenvalue weighted by molar-refractivity contribution is -0.136. The monoisotopic (exact) mass is 469 g/mol. The average Bonchev–Trinajstić information content (AvgIpc) is 2.77. The molecule has 0 atom stereocenters. The van der Waals surface area contributed by atoms with Crippen molar-refractivity contribution in [2.24, 2.45) is 5.10 Å². The van der Waals surface area contributed by atoms with E-state index in [1.807, 2.05) is 32.0 Å². The second kappa shape index (κ2) is 10.8. The van der Waals surface area contributed by atoms with Gasteiger partial charge < -0.3 is 10.1 Å². The summed E-state index contributed by atoms with van der Waals surface area (Å²) in [5.41, 5.74) is 6.27. The molecule has 164 valence electrons. The topological polar surface area (TPSA) is 79.8 Å². The summed E-state index contributed by atoms with van der Waals surface area (Å²) in [5, 5.41) is 7.44. The summed E-state index contributed by atoms with van der Waals surface area (Å²) in [6.07, 6.45) is 1.39. The van der Waals surface area contributed by atoms with E-state index in [4.69, 9.17) is 27.9 Å². The first kappa shape index (κ1) is 23.3. The van der Waals surface area contributed by atoms with Crippen molar-refractivity contribution in [1.82, 2.24) is 5.43 Å². The maximum Gasteiger partial charge on any atom is 0.329 e. The molecule has 0 aliphatic carbocycles. The predicted molar refractivity (Wildman–Crippen MR) is 128 cm³/mol. The standard InChI is InChI=1S/C24H21Cl2N3O3/c1-15-4-3-5-21(16(15)2)28-23(30)24(31)29-27-13-18-8-11-22(20(26)12-18)32-14-17-6-9-19(25)10-7-17/h3-13H,14H2,1-2H3,(H,28,30)(H,29,31)/b27-13-. The molecule has 2 amide bonds. The van der Waals surface area contributed by atoms with Crippen LogP contribution >= 0.6 is 23.2 Å². The molecule has 0 spiro atoms. The highest BCUT2D eigenvalue weighted by Gasteiger charge is 2.14. The molecule has 3 rings (SSSR count). The lowest BCUT2D eigenvalue weighted by atomic mass is 10.1. The van der Waals surface area contributed by atoms with E-state index >= 15 is 0 Å². The van der Waals surface area contributed by atoms with Crippen LogP contribution in [0.3, 0.4) is 0 Å². The highest BCUT2D eigenvalue weighted by Crippen LogP contribution is 2.26. The van der Waals surface area contributed by atoms with Gasteiger partial charge in [0, 0.05) is 10.7 Å². The number of ether oxygens (including phenoxy) is 1. The van der Waals surface area contributed by atoms with Gasteiger partial charge in [0.05, 0.1) is 11.2 Å². The van der Waals surface area contributed by atoms with E-state index in [0.29, 0.717) is 33.7 Å². The first-order chi connectivity index (χ1) is 15.3. The number of nitrogens with one attached hydrogen (secondary N) is 2. The Labute approximate surface area is 196 Å². The maximum atomic E-state index is 12.1. The molecule has 2 N–H and O–H groups in total. The Kier molecular flexibility index (Phi) is 7.87. The summed E-state index contributed by atoms with van der Waals surface area (Å²) in [7, 11) is 0. The molecule has 0 heterocycles. The van der Waals surface area contributed by atoms with Crippen LogP contribution in [0.5, 0.6) is 5.75 Å². The van der Waals surface area contributed by atoms with Crippen molar-refractivity contribution >= 4 is 46.9 Å². The molecule has 0 fully saturated rings. The van der Waals surface area contributed by atoms with Gasteiger partial charge in [-0.15, -0.1) is 0 Å². The van der Waals surface area contributed by atoms with Crippen LogP contribution in [0.4, 0.5) is 5.69 Å². The Morgan fingerprint density at radius 2 is 1.75 bits per heavy atom. The van der Waals surface area contributed by atoms with E-state index in [1.54, 1.807) is 42.5 Å². The molecule has 0 unspecified atom stereocenters. The minimum atomic E-state index is -0.879. The molecule has 3 aromatic rings. The molecule has 6 nitrogen and oxygen atoms in total. The summed E-state index contributed by atoms with van der Waals surface area (Å²) in [4.78, 5) is 24.1. The molecule has 32 heavy (non-hydrogen) atoms. The Morgan fingerprint density at radius 1 is 1.00 bits per heavy atom. The summed E-state index contributed by atoms with van der Waals surface area (Å²) >= 11 is 12.1. The van der Waals surface area contributed by atoms with E-state index in [1.165, 1.54) is 6.21 Å². The van der Waals surface area contributed by atoms with Crippen LogP contribution in [-0.4, -0.2) is 18.0 Å². The third kappa shape index (κ3) is 6.33. The van der Waals surface area contributed by atoms with Gasteiger partial charge in [-0.1, -0.05) is 47.5 Å². The first-order valence-electron chi connectivity index (χ1n) is 9.71. The number of nitrogens with zero attached hydrogens (tertiary/aromatic N) is 1. The van der Waals surface area contributed by atoms with Crippen molar-refractivity contribution in [3.63, 3.8) is 0 Å². The van der Waals surface area contributed by atoms with Crippen LogP contribution in [0.15, 0.2) is 65.8 Å². The number of carbonyl (C=O) groups is 2. The number of anilines is 1. The minimum absolute atomic E-state index is 0.343. The van der Waals surface area contributed by atoms with Crippen LogP contribution in [0.2, 0.25) is 10.0 Å². The number of hydrogen-bond acceptors (Lipinski definition) is 4. The second-order valence-electron chi connectivity index (χ2n) is 7.01. The zero-order valence-corrected chi connectivity index (χ0v) is 19.0. The number of aryl methyl sites for hydroxylation is 1. The van der Waals surface area contributed by atoms with Gasteiger partial charge in [0.2, 0.25) is 0 Å². The number of rotatable bonds is 6. The van der Waals surface area contributed by atoms with Crippen molar-refractivity contribution in [3.8, 4) is 5.75 Å². The Bertz CT molecular complexity index is 1160. The molecule has 0 saturated carbocycles. The summed E-state index contributed by atoms with van der Waals surface area (Å²) in [6.45, 7) is 4.14. The smallest absolute Gasteiger partial charge is 0.329 e. The van der Waals surface area contributed by atoms with Gasteiger partial charge in [-0.3, -0.25) is 9.59 Å². The van der Waals surface area contributed by atoms with E-state index in [-0.39, 0.29) is 0 Å². The first-order valence-corrected chi connectivity index (χ1v) is 10.5. The van der Waals surface area contributed by atoms with Crippen molar-refractivity contribution in [3.05, 3.63) is 93.0 Å². The quantitative estimate of drug-likeness (QED) is 0.292. The van der Waals surface area contributed by atoms with E-state index in [0.717, 1.165) is 16.7 Å². The van der Waals surface area contributed by atoms with Crippen LogP contribution in [0.1, 0.15) is 22.3 Å². The Morgan fingerprint density at radius 3 is 2.47 bits per heavy atom. The van der Waals surface area contributed by atoms with Crippen LogP contribution in [0, 0.1) is 13.8 Å². The largest absolute Gasteiger partial charge is 0.487 e. The second-order valence-corrected chi connectivity index (χ2v) is 7.85. The minimum Gasteiger partial charge on any atom is -0.487 e. The van der Waals surface area contributed by atoms with Crippen LogP contribution in [0.25, 0.3) is 0 Å². The van der Waals surface area contributed by atoms with Crippen molar-refractivity contribution in [2.45, 2.75) is 20.5 Å².